The molecule has 0 radical (unpaired) electrons. The second-order valence-corrected chi connectivity index (χ2v) is 5.38. The smallest absolute Gasteiger partial charge is 0.0123 e. The average Bonchev–Trinajstić information content (AvgIpc) is 2.40. The molecular weight excluding hydrogens is 216 g/mol. The van der Waals surface area contributed by atoms with Gasteiger partial charge >= 0.3 is 0 Å². The predicted molar refractivity (Wildman–Crippen MR) is 74.8 cm³/mol. The maximum Gasteiger partial charge on any atom is 0.0123 e. The van der Waals surface area contributed by atoms with Crippen LogP contribution in [0.3, 0.4) is 0 Å². The second-order valence-electron chi connectivity index (χ2n) is 5.38. The Hall–Kier alpha value is -1.82. The zero-order valence-electron chi connectivity index (χ0n) is 10.3. The highest BCUT2D eigenvalue weighted by atomic mass is 14.4. The predicted octanol–water partition coefficient (Wildman–Crippen LogP) is 4.44. The summed E-state index contributed by atoms with van der Waals surface area (Å²) < 4.78 is 0. The molecule has 0 spiro atoms. The van der Waals surface area contributed by atoms with Gasteiger partial charge in [-0.05, 0) is 35.4 Å². The summed E-state index contributed by atoms with van der Waals surface area (Å²) in [6.45, 7) is 0. The first kappa shape index (κ1) is 10.1. The Morgan fingerprint density at radius 1 is 0.833 bits per heavy atom. The van der Waals surface area contributed by atoms with Gasteiger partial charge in [-0.15, -0.1) is 0 Å². The van der Waals surface area contributed by atoms with Gasteiger partial charge in [0.05, 0.1) is 0 Å². The fourth-order valence-corrected chi connectivity index (χ4v) is 3.50. The van der Waals surface area contributed by atoms with Crippen molar-refractivity contribution in [1.29, 1.82) is 0 Å². The average molecular weight is 232 g/mol. The third-order valence-electron chi connectivity index (χ3n) is 4.46. The molecule has 4 rings (SSSR count). The van der Waals surface area contributed by atoms with Gasteiger partial charge in [0.2, 0.25) is 0 Å². The quantitative estimate of drug-likeness (QED) is 0.638. The highest BCUT2D eigenvalue weighted by molar-refractivity contribution is 5.50. The molecule has 0 amide bonds. The first-order chi connectivity index (χ1) is 8.93. The van der Waals surface area contributed by atoms with Crippen LogP contribution in [0.4, 0.5) is 0 Å². The number of allylic oxidation sites excluding steroid dienone is 2. The van der Waals surface area contributed by atoms with E-state index >= 15 is 0 Å². The Kier molecular flexibility index (Phi) is 2.16. The van der Waals surface area contributed by atoms with Crippen molar-refractivity contribution in [3.63, 3.8) is 0 Å². The molecule has 0 saturated heterocycles. The molecule has 1 fully saturated rings. The van der Waals surface area contributed by atoms with Crippen LogP contribution >= 0.6 is 0 Å². The van der Waals surface area contributed by atoms with Gasteiger partial charge in [0.15, 0.2) is 0 Å². The molecule has 2 aromatic rings. The number of hydrogen-bond donors (Lipinski definition) is 0. The van der Waals surface area contributed by atoms with E-state index in [4.69, 9.17) is 0 Å². The highest BCUT2D eigenvalue weighted by Gasteiger charge is 2.40. The highest BCUT2D eigenvalue weighted by Crippen LogP contribution is 2.55. The Morgan fingerprint density at radius 3 is 2.50 bits per heavy atom. The van der Waals surface area contributed by atoms with Crippen molar-refractivity contribution < 1.29 is 0 Å². The van der Waals surface area contributed by atoms with E-state index in [2.05, 4.69) is 60.7 Å². The summed E-state index contributed by atoms with van der Waals surface area (Å²) in [6, 6.07) is 19.9. The van der Waals surface area contributed by atoms with Crippen molar-refractivity contribution >= 4 is 0 Å². The molecule has 0 unspecified atom stereocenters. The summed E-state index contributed by atoms with van der Waals surface area (Å²) >= 11 is 0. The summed E-state index contributed by atoms with van der Waals surface area (Å²) in [5, 5.41) is 0. The summed E-state index contributed by atoms with van der Waals surface area (Å²) in [4.78, 5) is 0. The zero-order valence-corrected chi connectivity index (χ0v) is 10.3. The van der Waals surface area contributed by atoms with Crippen molar-refractivity contribution in [2.75, 3.05) is 0 Å². The second kappa shape index (κ2) is 3.84. The molecule has 88 valence electrons. The Labute approximate surface area is 108 Å². The summed E-state index contributed by atoms with van der Waals surface area (Å²) in [5.74, 6) is 1.34. The lowest BCUT2D eigenvalue weighted by molar-refractivity contribution is 0.458. The number of benzene rings is 2. The number of hydrogen-bond acceptors (Lipinski definition) is 0. The van der Waals surface area contributed by atoms with Crippen molar-refractivity contribution in [3.8, 4) is 0 Å². The molecule has 2 atom stereocenters. The van der Waals surface area contributed by atoms with E-state index in [0.29, 0.717) is 11.8 Å². The lowest BCUT2D eigenvalue weighted by Gasteiger charge is -2.43. The molecule has 0 aromatic heterocycles. The van der Waals surface area contributed by atoms with E-state index in [0.717, 1.165) is 6.42 Å². The Balaban J connectivity index is 1.76. The van der Waals surface area contributed by atoms with Crippen LogP contribution in [0.25, 0.3) is 0 Å². The fraction of sp³-hybridized carbons (Fsp3) is 0.222. The minimum absolute atomic E-state index is 0.650. The van der Waals surface area contributed by atoms with E-state index in [1.807, 2.05) is 0 Å². The van der Waals surface area contributed by atoms with Crippen LogP contribution in [0.5, 0.6) is 0 Å². The van der Waals surface area contributed by atoms with Crippen LogP contribution in [-0.2, 0) is 6.42 Å². The van der Waals surface area contributed by atoms with Crippen LogP contribution in [0.2, 0.25) is 0 Å². The Morgan fingerprint density at radius 2 is 1.61 bits per heavy atom. The SMILES string of the molecule is C1=C2C[C@H](c3ccccc3)[C@H]2c2ccccc2C1. The van der Waals surface area contributed by atoms with Gasteiger partial charge in [-0.25, -0.2) is 0 Å². The van der Waals surface area contributed by atoms with Crippen LogP contribution < -0.4 is 0 Å². The molecule has 2 aromatic carbocycles. The molecular formula is C18H16. The lowest BCUT2D eigenvalue weighted by Crippen LogP contribution is -2.28. The van der Waals surface area contributed by atoms with Gasteiger partial charge in [-0.1, -0.05) is 66.2 Å². The largest absolute Gasteiger partial charge is 0.0803 e. The molecule has 18 heavy (non-hydrogen) atoms. The molecule has 0 aliphatic heterocycles. The van der Waals surface area contributed by atoms with E-state index in [1.165, 1.54) is 17.5 Å². The first-order valence-electron chi connectivity index (χ1n) is 6.75. The van der Waals surface area contributed by atoms with Crippen molar-refractivity contribution in [2.45, 2.75) is 24.7 Å². The molecule has 0 heterocycles. The summed E-state index contributed by atoms with van der Waals surface area (Å²) in [6.07, 6.45) is 4.83. The summed E-state index contributed by atoms with van der Waals surface area (Å²) in [5.41, 5.74) is 6.24. The molecule has 1 saturated carbocycles. The minimum Gasteiger partial charge on any atom is -0.0803 e. The van der Waals surface area contributed by atoms with Gasteiger partial charge in [0.1, 0.15) is 0 Å². The van der Waals surface area contributed by atoms with Gasteiger partial charge < -0.3 is 0 Å². The maximum atomic E-state index is 2.45. The third-order valence-corrected chi connectivity index (χ3v) is 4.46. The number of fused-ring (bicyclic) bond motifs is 3. The molecule has 0 nitrogen and oxygen atoms in total. The van der Waals surface area contributed by atoms with E-state index in [1.54, 1.807) is 11.1 Å². The van der Waals surface area contributed by atoms with Crippen molar-refractivity contribution in [2.24, 2.45) is 0 Å². The topological polar surface area (TPSA) is 0 Å². The molecule has 0 bridgehead atoms. The standard InChI is InChI=1S/C18H16/c1-2-6-13(7-3-1)17-12-15-11-10-14-8-4-5-9-16(14)18(15)17/h1-9,11,17-18H,10,12H2/t17-,18-/m1/s1. The van der Waals surface area contributed by atoms with Crippen LogP contribution in [0.1, 0.15) is 34.9 Å². The van der Waals surface area contributed by atoms with E-state index in [-0.39, 0.29) is 0 Å². The molecule has 0 N–H and O–H groups in total. The van der Waals surface area contributed by atoms with Gasteiger partial charge in [0, 0.05) is 5.92 Å². The van der Waals surface area contributed by atoms with Gasteiger partial charge in [-0.2, -0.15) is 0 Å². The first-order valence-corrected chi connectivity index (χ1v) is 6.75. The van der Waals surface area contributed by atoms with E-state index < -0.39 is 0 Å². The lowest BCUT2D eigenvalue weighted by atomic mass is 9.60. The van der Waals surface area contributed by atoms with E-state index in [9.17, 15) is 0 Å². The summed E-state index contributed by atoms with van der Waals surface area (Å²) in [7, 11) is 0. The van der Waals surface area contributed by atoms with Crippen LogP contribution in [0, 0.1) is 0 Å². The zero-order chi connectivity index (χ0) is 11.9. The van der Waals surface area contributed by atoms with Crippen LogP contribution in [-0.4, -0.2) is 0 Å². The fourth-order valence-electron chi connectivity index (χ4n) is 3.50. The minimum atomic E-state index is 0.650. The van der Waals surface area contributed by atoms with Gasteiger partial charge in [-0.3, -0.25) is 0 Å². The maximum absolute atomic E-state index is 2.45. The Bertz CT molecular complexity index is 607. The van der Waals surface area contributed by atoms with Crippen molar-refractivity contribution in [1.82, 2.24) is 0 Å². The van der Waals surface area contributed by atoms with Crippen LogP contribution in [0.15, 0.2) is 66.2 Å². The third kappa shape index (κ3) is 1.38. The molecule has 2 aliphatic rings. The molecule has 0 heteroatoms. The normalized spacial score (nSPS) is 24.6. The van der Waals surface area contributed by atoms with Gasteiger partial charge in [0.25, 0.3) is 0 Å². The van der Waals surface area contributed by atoms with Crippen molar-refractivity contribution in [3.05, 3.63) is 82.9 Å². The monoisotopic (exact) mass is 232 g/mol. The number of rotatable bonds is 1. The molecule has 2 aliphatic carbocycles.